The normalized spacial score (nSPS) is 14.1. The SMILES string of the molecule is CCCC(C)(N)C(=O)Nc1c(F)cc(F)cc1Br. The molecule has 1 aromatic carbocycles. The van der Waals surface area contributed by atoms with E-state index in [2.05, 4.69) is 21.2 Å². The van der Waals surface area contributed by atoms with Crippen molar-refractivity contribution >= 4 is 27.5 Å². The quantitative estimate of drug-likeness (QED) is 0.895. The minimum absolute atomic E-state index is 0.103. The molecule has 0 spiro atoms. The van der Waals surface area contributed by atoms with Crippen LogP contribution in [0.3, 0.4) is 0 Å². The minimum atomic E-state index is -1.09. The molecule has 0 radical (unpaired) electrons. The van der Waals surface area contributed by atoms with Gasteiger partial charge in [0.25, 0.3) is 0 Å². The van der Waals surface area contributed by atoms with Gasteiger partial charge in [0.05, 0.1) is 11.2 Å². The van der Waals surface area contributed by atoms with E-state index in [1.54, 1.807) is 6.92 Å². The highest BCUT2D eigenvalue weighted by Crippen LogP contribution is 2.27. The molecular formula is C12H15BrF2N2O. The third-order valence-corrected chi connectivity index (χ3v) is 3.16. The molecule has 0 saturated heterocycles. The Labute approximate surface area is 113 Å². The van der Waals surface area contributed by atoms with Crippen LogP contribution in [0, 0.1) is 11.6 Å². The molecule has 3 nitrogen and oxygen atoms in total. The zero-order valence-corrected chi connectivity index (χ0v) is 11.8. The van der Waals surface area contributed by atoms with Crippen LogP contribution in [0.5, 0.6) is 0 Å². The summed E-state index contributed by atoms with van der Waals surface area (Å²) in [6.07, 6.45) is 1.20. The number of hydrogen-bond donors (Lipinski definition) is 2. The van der Waals surface area contributed by atoms with E-state index in [0.717, 1.165) is 12.5 Å². The van der Waals surface area contributed by atoms with Gasteiger partial charge in [-0.1, -0.05) is 13.3 Å². The molecule has 0 aliphatic rings. The first-order chi connectivity index (χ1) is 8.27. The predicted octanol–water partition coefficient (Wildman–Crippen LogP) is 3.18. The number of benzene rings is 1. The van der Waals surface area contributed by atoms with Gasteiger partial charge in [-0.05, 0) is 35.3 Å². The molecule has 0 fully saturated rings. The summed E-state index contributed by atoms with van der Waals surface area (Å²) in [5, 5.41) is 2.38. The first-order valence-electron chi connectivity index (χ1n) is 5.53. The highest BCUT2D eigenvalue weighted by Gasteiger charge is 2.28. The molecule has 0 bridgehead atoms. The number of amides is 1. The molecule has 1 amide bonds. The summed E-state index contributed by atoms with van der Waals surface area (Å²) in [5.41, 5.74) is 4.63. The molecule has 0 saturated carbocycles. The van der Waals surface area contributed by atoms with Gasteiger partial charge in [0.1, 0.15) is 5.82 Å². The van der Waals surface area contributed by atoms with E-state index in [0.29, 0.717) is 12.5 Å². The lowest BCUT2D eigenvalue weighted by Gasteiger charge is -2.23. The fourth-order valence-corrected chi connectivity index (χ4v) is 2.06. The molecule has 1 rings (SSSR count). The Morgan fingerprint density at radius 3 is 2.61 bits per heavy atom. The molecule has 1 unspecified atom stereocenters. The average Bonchev–Trinajstić information content (AvgIpc) is 2.22. The number of carbonyl (C=O) groups excluding carboxylic acids is 1. The Hall–Kier alpha value is -1.01. The van der Waals surface area contributed by atoms with Crippen molar-refractivity contribution in [1.29, 1.82) is 0 Å². The van der Waals surface area contributed by atoms with Crippen LogP contribution in [-0.2, 0) is 4.79 Å². The number of anilines is 1. The van der Waals surface area contributed by atoms with E-state index >= 15 is 0 Å². The largest absolute Gasteiger partial charge is 0.321 e. The topological polar surface area (TPSA) is 55.1 Å². The van der Waals surface area contributed by atoms with Crippen LogP contribution in [0.4, 0.5) is 14.5 Å². The van der Waals surface area contributed by atoms with E-state index in [-0.39, 0.29) is 10.2 Å². The van der Waals surface area contributed by atoms with Gasteiger partial charge in [0, 0.05) is 10.5 Å². The zero-order chi connectivity index (χ0) is 13.9. The Kier molecular flexibility index (Phi) is 4.81. The van der Waals surface area contributed by atoms with Crippen molar-refractivity contribution in [2.45, 2.75) is 32.2 Å². The second kappa shape index (κ2) is 5.75. The third-order valence-electron chi connectivity index (χ3n) is 2.53. The molecule has 0 aliphatic carbocycles. The van der Waals surface area contributed by atoms with Crippen LogP contribution >= 0.6 is 15.9 Å². The van der Waals surface area contributed by atoms with Crippen LogP contribution in [0.1, 0.15) is 26.7 Å². The number of rotatable bonds is 4. The van der Waals surface area contributed by atoms with E-state index in [1.165, 1.54) is 0 Å². The summed E-state index contributed by atoms with van der Waals surface area (Å²) in [6, 6.07) is 1.78. The first-order valence-corrected chi connectivity index (χ1v) is 6.32. The van der Waals surface area contributed by atoms with Crippen LogP contribution in [0.2, 0.25) is 0 Å². The van der Waals surface area contributed by atoms with Crippen molar-refractivity contribution in [1.82, 2.24) is 0 Å². The molecule has 6 heteroatoms. The van der Waals surface area contributed by atoms with Gasteiger partial charge >= 0.3 is 0 Å². The highest BCUT2D eigenvalue weighted by molar-refractivity contribution is 9.10. The van der Waals surface area contributed by atoms with Crippen molar-refractivity contribution in [2.75, 3.05) is 5.32 Å². The third kappa shape index (κ3) is 3.49. The average molecular weight is 321 g/mol. The smallest absolute Gasteiger partial charge is 0.244 e. The second-order valence-corrected chi connectivity index (χ2v) is 5.22. The van der Waals surface area contributed by atoms with Gasteiger partial charge in [-0.15, -0.1) is 0 Å². The molecule has 0 aromatic heterocycles. The number of halogens is 3. The fraction of sp³-hybridized carbons (Fsp3) is 0.417. The summed E-state index contributed by atoms with van der Waals surface area (Å²) >= 11 is 3.00. The number of nitrogens with two attached hydrogens (primary N) is 1. The van der Waals surface area contributed by atoms with Crippen molar-refractivity contribution < 1.29 is 13.6 Å². The maximum Gasteiger partial charge on any atom is 0.244 e. The number of hydrogen-bond acceptors (Lipinski definition) is 2. The lowest BCUT2D eigenvalue weighted by atomic mass is 9.96. The van der Waals surface area contributed by atoms with Crippen molar-refractivity contribution in [3.05, 3.63) is 28.2 Å². The standard InChI is InChI=1S/C12H15BrF2N2O/c1-3-4-12(2,16)11(18)17-10-8(13)5-7(14)6-9(10)15/h5-6H,3-4,16H2,1-2H3,(H,17,18). The predicted molar refractivity (Wildman–Crippen MR) is 70.2 cm³/mol. The maximum atomic E-state index is 13.5. The van der Waals surface area contributed by atoms with E-state index in [9.17, 15) is 13.6 Å². The summed E-state index contributed by atoms with van der Waals surface area (Å²) in [6.45, 7) is 3.47. The lowest BCUT2D eigenvalue weighted by molar-refractivity contribution is -0.120. The first kappa shape index (κ1) is 15.0. The molecule has 0 heterocycles. The molecule has 18 heavy (non-hydrogen) atoms. The maximum absolute atomic E-state index is 13.5. The molecular weight excluding hydrogens is 306 g/mol. The van der Waals surface area contributed by atoms with Gasteiger partial charge in [0.15, 0.2) is 5.82 Å². The summed E-state index contributed by atoms with van der Waals surface area (Å²) in [4.78, 5) is 11.9. The summed E-state index contributed by atoms with van der Waals surface area (Å²) in [7, 11) is 0. The van der Waals surface area contributed by atoms with Crippen LogP contribution < -0.4 is 11.1 Å². The monoisotopic (exact) mass is 320 g/mol. The Morgan fingerprint density at radius 2 is 2.11 bits per heavy atom. The van der Waals surface area contributed by atoms with Crippen molar-refractivity contribution in [3.63, 3.8) is 0 Å². The van der Waals surface area contributed by atoms with Gasteiger partial charge < -0.3 is 11.1 Å². The molecule has 3 N–H and O–H groups in total. The summed E-state index contributed by atoms with van der Waals surface area (Å²) < 4.78 is 26.6. The van der Waals surface area contributed by atoms with E-state index in [1.807, 2.05) is 6.92 Å². The minimum Gasteiger partial charge on any atom is -0.321 e. The van der Waals surface area contributed by atoms with Crippen molar-refractivity contribution in [3.8, 4) is 0 Å². The molecule has 0 aliphatic heterocycles. The summed E-state index contributed by atoms with van der Waals surface area (Å²) in [5.74, 6) is -2.07. The second-order valence-electron chi connectivity index (χ2n) is 4.37. The van der Waals surface area contributed by atoms with Crippen LogP contribution in [0.25, 0.3) is 0 Å². The Bertz CT molecular complexity index is 440. The number of nitrogens with one attached hydrogen (secondary N) is 1. The van der Waals surface area contributed by atoms with Gasteiger partial charge in [-0.3, -0.25) is 4.79 Å². The molecule has 1 aromatic rings. The fourth-order valence-electron chi connectivity index (χ4n) is 1.55. The zero-order valence-electron chi connectivity index (χ0n) is 10.2. The molecule has 100 valence electrons. The van der Waals surface area contributed by atoms with E-state index in [4.69, 9.17) is 5.73 Å². The van der Waals surface area contributed by atoms with Crippen LogP contribution in [0.15, 0.2) is 16.6 Å². The van der Waals surface area contributed by atoms with Gasteiger partial charge in [0.2, 0.25) is 5.91 Å². The highest BCUT2D eigenvalue weighted by atomic mass is 79.9. The van der Waals surface area contributed by atoms with Gasteiger partial charge in [-0.25, -0.2) is 8.78 Å². The van der Waals surface area contributed by atoms with Crippen LogP contribution in [-0.4, -0.2) is 11.4 Å². The van der Waals surface area contributed by atoms with Gasteiger partial charge in [-0.2, -0.15) is 0 Å². The van der Waals surface area contributed by atoms with E-state index < -0.39 is 23.1 Å². The van der Waals surface area contributed by atoms with Crippen molar-refractivity contribution in [2.24, 2.45) is 5.73 Å². The Morgan fingerprint density at radius 1 is 1.50 bits per heavy atom. The lowest BCUT2D eigenvalue weighted by Crippen LogP contribution is -2.48. The number of carbonyl (C=O) groups is 1. The molecule has 1 atom stereocenters. The Balaban J connectivity index is 2.95.